The number of fused-ring (bicyclic) bond motifs is 13. The highest BCUT2D eigenvalue weighted by Gasteiger charge is 2.51. The van der Waals surface area contributed by atoms with Crippen molar-refractivity contribution in [2.24, 2.45) is 0 Å². The summed E-state index contributed by atoms with van der Waals surface area (Å²) in [6, 6.07) is 75.9. The molecule has 0 radical (unpaired) electrons. The van der Waals surface area contributed by atoms with E-state index >= 15 is 0 Å². The van der Waals surface area contributed by atoms with Crippen LogP contribution in [0.3, 0.4) is 0 Å². The largest absolute Gasteiger partial charge is 0.456 e. The molecule has 0 atom stereocenters. The third kappa shape index (κ3) is 7.68. The summed E-state index contributed by atoms with van der Waals surface area (Å²) in [5.41, 5.74) is 27.3. The predicted octanol–water partition coefficient (Wildman–Crippen LogP) is 21.3. The molecule has 0 saturated carbocycles. The summed E-state index contributed by atoms with van der Waals surface area (Å²) >= 11 is 0. The van der Waals surface area contributed by atoms with Crippen molar-refractivity contribution in [3.63, 3.8) is 0 Å². The van der Waals surface area contributed by atoms with Crippen LogP contribution >= 0.6 is 0 Å². The lowest BCUT2D eigenvalue weighted by atomic mass is 9.42. The van der Waals surface area contributed by atoms with E-state index in [1.165, 1.54) is 88.8 Å². The molecular formula is C81H73BN2O2. The van der Waals surface area contributed by atoms with E-state index < -0.39 is 0 Å². The number of hydrogen-bond acceptors (Lipinski definition) is 4. The van der Waals surface area contributed by atoms with Crippen molar-refractivity contribution in [2.75, 3.05) is 9.71 Å². The molecule has 16 rings (SSSR count). The third-order valence-electron chi connectivity index (χ3n) is 20.4. The molecule has 0 amide bonds. The second-order valence-corrected chi connectivity index (χ2v) is 29.1. The average molecular weight is 1120 g/mol. The minimum Gasteiger partial charge on any atom is -0.456 e. The number of furan rings is 2. The average Bonchev–Trinajstić information content (AvgIpc) is 1.25. The highest BCUT2D eigenvalue weighted by Crippen LogP contribution is 2.60. The Kier molecular flexibility index (Phi) is 11.1. The van der Waals surface area contributed by atoms with Gasteiger partial charge in [-0.15, -0.1) is 0 Å². The van der Waals surface area contributed by atoms with E-state index in [-0.39, 0.29) is 33.9 Å². The first-order chi connectivity index (χ1) is 41.2. The molecule has 10 aromatic carbocycles. The van der Waals surface area contributed by atoms with Crippen LogP contribution in [0.2, 0.25) is 0 Å². The molecule has 4 heterocycles. The van der Waals surface area contributed by atoms with Crippen LogP contribution in [-0.2, 0) is 27.1 Å². The minimum absolute atomic E-state index is 0.0262. The molecule has 0 fully saturated rings. The van der Waals surface area contributed by atoms with Gasteiger partial charge in [-0.2, -0.15) is 0 Å². The van der Waals surface area contributed by atoms with E-state index in [0.29, 0.717) is 0 Å². The molecule has 2 aliphatic carbocycles. The SMILES string of the molecule is CC(C)(C)c1ccc(N2B3c4cc5c(-c6ccccc6)oc(-c6ccccc6)c5cc4N(c4ccc(C(C)(C)C)cc4-c4ccccc4)c4cc5c(c(c43)-c3cc4c(cc32)oc2cc3c(cc24)C(C)(C)CCC3(C)C)C(C)(C)c2ccccc2-5)cc1. The number of nitrogens with zero attached hydrogens (tertiary/aromatic N) is 2. The minimum atomic E-state index is -0.356. The van der Waals surface area contributed by atoms with Crippen molar-refractivity contribution in [1.82, 2.24) is 0 Å². The Morgan fingerprint density at radius 3 is 1.60 bits per heavy atom. The van der Waals surface area contributed by atoms with Gasteiger partial charge in [0, 0.05) is 78.0 Å². The van der Waals surface area contributed by atoms with Gasteiger partial charge < -0.3 is 18.5 Å². The lowest BCUT2D eigenvalue weighted by Crippen LogP contribution is -2.62. The first kappa shape index (κ1) is 52.7. The van der Waals surface area contributed by atoms with Crippen LogP contribution in [0, 0.1) is 0 Å². The second-order valence-electron chi connectivity index (χ2n) is 29.1. The van der Waals surface area contributed by atoms with Crippen molar-refractivity contribution >= 4 is 78.9 Å². The number of anilines is 5. The lowest BCUT2D eigenvalue weighted by molar-refractivity contribution is 0.332. The smallest absolute Gasteiger partial charge is 0.333 e. The van der Waals surface area contributed by atoms with Gasteiger partial charge in [0.15, 0.2) is 0 Å². The molecule has 0 bridgehead atoms. The first-order valence-electron chi connectivity index (χ1n) is 31.1. The van der Waals surface area contributed by atoms with E-state index in [4.69, 9.17) is 8.83 Å². The maximum absolute atomic E-state index is 7.37. The van der Waals surface area contributed by atoms with Crippen LogP contribution < -0.4 is 20.6 Å². The summed E-state index contributed by atoms with van der Waals surface area (Å²) in [5.74, 6) is 1.72. The predicted molar refractivity (Wildman–Crippen MR) is 364 cm³/mol. The molecule has 2 aliphatic heterocycles. The Morgan fingerprint density at radius 1 is 0.407 bits per heavy atom. The van der Waals surface area contributed by atoms with E-state index in [9.17, 15) is 0 Å². The van der Waals surface area contributed by atoms with Crippen molar-refractivity contribution in [3.8, 4) is 56.0 Å². The Bertz CT molecular complexity index is 4800. The van der Waals surface area contributed by atoms with E-state index in [2.05, 4.69) is 293 Å². The normalized spacial score (nSPS) is 16.0. The van der Waals surface area contributed by atoms with Crippen molar-refractivity contribution in [1.29, 1.82) is 0 Å². The number of benzene rings is 10. The molecular weight excluding hydrogens is 1040 g/mol. The Morgan fingerprint density at radius 2 is 0.965 bits per heavy atom. The van der Waals surface area contributed by atoms with Gasteiger partial charge in [0.2, 0.25) is 0 Å². The quantitative estimate of drug-likeness (QED) is 0.161. The van der Waals surface area contributed by atoms with Gasteiger partial charge in [-0.05, 0) is 156 Å². The van der Waals surface area contributed by atoms with Crippen LogP contribution in [-0.4, -0.2) is 6.85 Å². The summed E-state index contributed by atoms with van der Waals surface area (Å²) in [5, 5.41) is 4.48. The Hall–Kier alpha value is -8.80. The molecule has 4 nitrogen and oxygen atoms in total. The van der Waals surface area contributed by atoms with Gasteiger partial charge in [-0.3, -0.25) is 0 Å². The first-order valence-corrected chi connectivity index (χ1v) is 31.1. The van der Waals surface area contributed by atoms with Gasteiger partial charge >= 0.3 is 6.85 Å². The van der Waals surface area contributed by atoms with Gasteiger partial charge in [0.25, 0.3) is 0 Å². The standard InChI is InChI=1S/C81H73BN2O2/c1-77(2,3)51-32-35-53(36-33-51)84-67-47-71-56(57-42-63-64(46-70(57)85-71)80(9,10)39-38-79(63,7)8)41-61(67)72-73-58(54-30-22-23-31-62(54)81(73,11)12)44-69-74(72)82(84)65-43-59-60(76(50-28-20-15-21-29-50)86-75(59)49-26-18-14-19-27-49)45-68(65)83(69)66-37-34-52(78(4,5)6)40-55(66)48-24-16-13-17-25-48/h13-37,40-47H,38-39H2,1-12H3. The van der Waals surface area contributed by atoms with Crippen LogP contribution in [0.25, 0.3) is 88.7 Å². The molecule has 0 N–H and O–H groups in total. The van der Waals surface area contributed by atoms with Crippen molar-refractivity contribution in [3.05, 3.63) is 234 Å². The third-order valence-corrected chi connectivity index (χ3v) is 20.4. The lowest BCUT2D eigenvalue weighted by Gasteiger charge is -2.47. The summed E-state index contributed by atoms with van der Waals surface area (Å²) < 4.78 is 14.7. The zero-order valence-corrected chi connectivity index (χ0v) is 51.8. The zero-order valence-electron chi connectivity index (χ0n) is 51.8. The highest BCUT2D eigenvalue weighted by molar-refractivity contribution is 6.94. The topological polar surface area (TPSA) is 32.8 Å². The summed E-state index contributed by atoms with van der Waals surface area (Å²) in [6.45, 7) is 28.3. The molecule has 0 saturated heterocycles. The summed E-state index contributed by atoms with van der Waals surface area (Å²) in [6.07, 6.45) is 2.28. The van der Waals surface area contributed by atoms with E-state index in [0.717, 1.165) is 85.6 Å². The van der Waals surface area contributed by atoms with E-state index in [1.807, 2.05) is 0 Å². The van der Waals surface area contributed by atoms with Gasteiger partial charge in [0.05, 0.1) is 5.69 Å². The fraction of sp³-hybridized carbons (Fsp3) is 0.235. The van der Waals surface area contributed by atoms with Gasteiger partial charge in [-0.25, -0.2) is 0 Å². The monoisotopic (exact) mass is 1120 g/mol. The molecule has 2 aromatic heterocycles. The van der Waals surface area contributed by atoms with Crippen LogP contribution in [0.5, 0.6) is 0 Å². The fourth-order valence-electron chi connectivity index (χ4n) is 15.6. The Balaban J connectivity index is 1.10. The molecule has 86 heavy (non-hydrogen) atoms. The molecule has 422 valence electrons. The van der Waals surface area contributed by atoms with Gasteiger partial charge in [0.1, 0.15) is 22.7 Å². The maximum Gasteiger partial charge on any atom is 0.333 e. The van der Waals surface area contributed by atoms with Gasteiger partial charge in [-0.1, -0.05) is 223 Å². The molecule has 4 aliphatic rings. The van der Waals surface area contributed by atoms with E-state index in [1.54, 1.807) is 0 Å². The number of rotatable bonds is 5. The molecule has 0 unspecified atom stereocenters. The Labute approximate surface area is 507 Å². The van der Waals surface area contributed by atoms with Crippen molar-refractivity contribution in [2.45, 2.75) is 123 Å². The van der Waals surface area contributed by atoms with Crippen LogP contribution in [0.15, 0.2) is 209 Å². The molecule has 0 spiro atoms. The van der Waals surface area contributed by atoms with Crippen molar-refractivity contribution < 1.29 is 8.83 Å². The number of hydrogen-bond donors (Lipinski definition) is 0. The highest BCUT2D eigenvalue weighted by atomic mass is 16.3. The summed E-state index contributed by atoms with van der Waals surface area (Å²) in [4.78, 5) is 5.34. The molecule has 5 heteroatoms. The maximum atomic E-state index is 7.37. The fourth-order valence-corrected chi connectivity index (χ4v) is 15.6. The second kappa shape index (κ2) is 18.1. The zero-order chi connectivity index (χ0) is 59.1. The van der Waals surface area contributed by atoms with Crippen LogP contribution in [0.1, 0.15) is 129 Å². The van der Waals surface area contributed by atoms with Crippen LogP contribution in [0.4, 0.5) is 28.4 Å². The summed E-state index contributed by atoms with van der Waals surface area (Å²) in [7, 11) is 0. The molecule has 12 aromatic rings.